The number of nitro benzene ring substituents is 1. The van der Waals surface area contributed by atoms with Gasteiger partial charge in [-0.15, -0.1) is 0 Å². The normalized spacial score (nSPS) is 18.6. The fourth-order valence-electron chi connectivity index (χ4n) is 2.67. The molecule has 114 valence electrons. The van der Waals surface area contributed by atoms with Crippen LogP contribution in [0.4, 0.5) is 11.4 Å². The molecule has 0 amide bonds. The van der Waals surface area contributed by atoms with Crippen LogP contribution in [0.25, 0.3) is 0 Å². The average Bonchev–Trinajstić information content (AvgIpc) is 2.46. The van der Waals surface area contributed by atoms with Gasteiger partial charge in [-0.2, -0.15) is 0 Å². The van der Waals surface area contributed by atoms with Crippen molar-refractivity contribution in [1.29, 1.82) is 0 Å². The van der Waals surface area contributed by atoms with E-state index in [1.165, 1.54) is 6.07 Å². The number of hydrogen-bond donors (Lipinski definition) is 1. The maximum Gasteiger partial charge on any atom is 0.336 e. The standard InChI is InChI=1S/C14H18N2O5/c1-9-12(15-5-3-4-11(8-15)21-2)6-10(14(17)18)7-13(9)16(19)20/h6-7,11H,3-5,8H2,1-2H3,(H,17,18). The minimum Gasteiger partial charge on any atom is -0.478 e. The molecule has 1 atom stereocenters. The second-order valence-corrected chi connectivity index (χ2v) is 5.15. The predicted octanol–water partition coefficient (Wildman–Crippen LogP) is 2.22. The van der Waals surface area contributed by atoms with Crippen molar-refractivity contribution in [3.8, 4) is 0 Å². The number of ether oxygens (including phenoxy) is 1. The quantitative estimate of drug-likeness (QED) is 0.676. The van der Waals surface area contributed by atoms with Gasteiger partial charge in [-0.05, 0) is 25.8 Å². The Balaban J connectivity index is 2.46. The van der Waals surface area contributed by atoms with Crippen LogP contribution >= 0.6 is 0 Å². The number of methoxy groups -OCH3 is 1. The van der Waals surface area contributed by atoms with Crippen LogP contribution in [0, 0.1) is 17.0 Å². The summed E-state index contributed by atoms with van der Waals surface area (Å²) in [5, 5.41) is 20.3. The van der Waals surface area contributed by atoms with Gasteiger partial charge in [0.15, 0.2) is 0 Å². The molecule has 1 aliphatic heterocycles. The van der Waals surface area contributed by atoms with Crippen molar-refractivity contribution in [3.63, 3.8) is 0 Å². The lowest BCUT2D eigenvalue weighted by Crippen LogP contribution is -2.39. The molecule has 1 heterocycles. The van der Waals surface area contributed by atoms with Gasteiger partial charge in [0.1, 0.15) is 0 Å². The summed E-state index contributed by atoms with van der Waals surface area (Å²) in [4.78, 5) is 23.7. The number of piperidine rings is 1. The summed E-state index contributed by atoms with van der Waals surface area (Å²) in [5.41, 5.74) is 0.858. The van der Waals surface area contributed by atoms with Crippen LogP contribution in [-0.2, 0) is 4.74 Å². The number of nitro groups is 1. The first-order valence-electron chi connectivity index (χ1n) is 6.74. The minimum atomic E-state index is -1.17. The fourth-order valence-corrected chi connectivity index (χ4v) is 2.67. The molecule has 0 aromatic heterocycles. The van der Waals surface area contributed by atoms with Gasteiger partial charge in [0, 0.05) is 32.0 Å². The van der Waals surface area contributed by atoms with Gasteiger partial charge in [-0.25, -0.2) is 4.79 Å². The number of benzene rings is 1. The van der Waals surface area contributed by atoms with Crippen LogP contribution in [-0.4, -0.2) is 42.3 Å². The van der Waals surface area contributed by atoms with Gasteiger partial charge in [0.25, 0.3) is 5.69 Å². The van der Waals surface area contributed by atoms with E-state index in [4.69, 9.17) is 9.84 Å². The van der Waals surface area contributed by atoms with E-state index < -0.39 is 10.9 Å². The number of nitrogens with zero attached hydrogens (tertiary/aromatic N) is 2. The smallest absolute Gasteiger partial charge is 0.336 e. The van der Waals surface area contributed by atoms with Gasteiger partial charge in [-0.1, -0.05) is 0 Å². The van der Waals surface area contributed by atoms with Gasteiger partial charge >= 0.3 is 5.97 Å². The monoisotopic (exact) mass is 294 g/mol. The first-order valence-corrected chi connectivity index (χ1v) is 6.74. The molecule has 21 heavy (non-hydrogen) atoms. The highest BCUT2D eigenvalue weighted by molar-refractivity contribution is 5.90. The molecule has 1 N–H and O–H groups in total. The number of carboxylic acid groups (broad SMARTS) is 1. The Morgan fingerprint density at radius 3 is 2.81 bits per heavy atom. The van der Waals surface area contributed by atoms with E-state index >= 15 is 0 Å². The van der Waals surface area contributed by atoms with E-state index in [1.807, 2.05) is 4.90 Å². The summed E-state index contributed by atoms with van der Waals surface area (Å²) in [5.74, 6) is -1.17. The number of hydrogen-bond acceptors (Lipinski definition) is 5. The van der Waals surface area contributed by atoms with Crippen molar-refractivity contribution in [2.75, 3.05) is 25.1 Å². The molecular weight excluding hydrogens is 276 g/mol. The molecule has 1 aromatic rings. The third-order valence-electron chi connectivity index (χ3n) is 3.85. The molecule has 1 unspecified atom stereocenters. The lowest BCUT2D eigenvalue weighted by molar-refractivity contribution is -0.385. The first kappa shape index (κ1) is 15.2. The number of anilines is 1. The Hall–Kier alpha value is -2.15. The van der Waals surface area contributed by atoms with Gasteiger partial charge in [-0.3, -0.25) is 10.1 Å². The third kappa shape index (κ3) is 3.13. The fraction of sp³-hybridized carbons (Fsp3) is 0.500. The minimum absolute atomic E-state index is 0.0608. The molecule has 0 spiro atoms. The van der Waals surface area contributed by atoms with E-state index in [2.05, 4.69) is 0 Å². The molecule has 1 fully saturated rings. The van der Waals surface area contributed by atoms with Gasteiger partial charge in [0.2, 0.25) is 0 Å². The van der Waals surface area contributed by atoms with Crippen molar-refractivity contribution in [2.24, 2.45) is 0 Å². The van der Waals surface area contributed by atoms with E-state index in [-0.39, 0.29) is 17.4 Å². The highest BCUT2D eigenvalue weighted by atomic mass is 16.6. The summed E-state index contributed by atoms with van der Waals surface area (Å²) in [6.45, 7) is 2.99. The Kier molecular flexibility index (Phi) is 4.42. The average molecular weight is 294 g/mol. The van der Waals surface area contributed by atoms with E-state index in [9.17, 15) is 14.9 Å². The Morgan fingerprint density at radius 1 is 1.52 bits per heavy atom. The number of aromatic carboxylic acids is 1. The largest absolute Gasteiger partial charge is 0.478 e. The van der Waals surface area contributed by atoms with E-state index in [0.717, 1.165) is 25.5 Å². The Labute approximate surface area is 122 Å². The molecule has 1 aromatic carbocycles. The van der Waals surface area contributed by atoms with Crippen LogP contribution < -0.4 is 4.90 Å². The van der Waals surface area contributed by atoms with Crippen LogP contribution in [0.5, 0.6) is 0 Å². The van der Waals surface area contributed by atoms with Crippen molar-refractivity contribution >= 4 is 17.3 Å². The van der Waals surface area contributed by atoms with E-state index in [0.29, 0.717) is 17.8 Å². The highest BCUT2D eigenvalue weighted by Gasteiger charge is 2.26. The zero-order valence-corrected chi connectivity index (χ0v) is 12.0. The summed E-state index contributed by atoms with van der Waals surface area (Å²) in [6, 6.07) is 2.61. The molecule has 1 aliphatic rings. The zero-order valence-electron chi connectivity index (χ0n) is 12.0. The maximum absolute atomic E-state index is 11.2. The molecule has 0 aliphatic carbocycles. The Bertz CT molecular complexity index is 573. The van der Waals surface area contributed by atoms with Crippen molar-refractivity contribution < 1.29 is 19.6 Å². The summed E-state index contributed by atoms with van der Waals surface area (Å²) in [7, 11) is 1.64. The van der Waals surface area contributed by atoms with Gasteiger partial charge < -0.3 is 14.7 Å². The first-order chi connectivity index (χ1) is 9.93. The van der Waals surface area contributed by atoms with Crippen LogP contribution in [0.15, 0.2) is 12.1 Å². The lowest BCUT2D eigenvalue weighted by atomic mass is 10.0. The summed E-state index contributed by atoms with van der Waals surface area (Å²) in [6.07, 6.45) is 1.90. The van der Waals surface area contributed by atoms with E-state index in [1.54, 1.807) is 14.0 Å². The maximum atomic E-state index is 11.2. The lowest BCUT2D eigenvalue weighted by Gasteiger charge is -2.34. The zero-order chi connectivity index (χ0) is 15.6. The summed E-state index contributed by atoms with van der Waals surface area (Å²) >= 11 is 0. The molecule has 0 radical (unpaired) electrons. The van der Waals surface area contributed by atoms with Crippen LogP contribution in [0.1, 0.15) is 28.8 Å². The highest BCUT2D eigenvalue weighted by Crippen LogP contribution is 2.32. The third-order valence-corrected chi connectivity index (χ3v) is 3.85. The van der Waals surface area contributed by atoms with Crippen molar-refractivity contribution in [3.05, 3.63) is 33.4 Å². The number of carbonyl (C=O) groups is 1. The van der Waals surface area contributed by atoms with Gasteiger partial charge in [0.05, 0.1) is 22.2 Å². The van der Waals surface area contributed by atoms with Crippen molar-refractivity contribution in [1.82, 2.24) is 0 Å². The molecule has 2 rings (SSSR count). The second kappa shape index (κ2) is 6.09. The molecule has 7 nitrogen and oxygen atoms in total. The summed E-state index contributed by atoms with van der Waals surface area (Å²) < 4.78 is 5.35. The van der Waals surface area contributed by atoms with Crippen molar-refractivity contribution in [2.45, 2.75) is 25.9 Å². The van der Waals surface area contributed by atoms with Crippen LogP contribution in [0.2, 0.25) is 0 Å². The van der Waals surface area contributed by atoms with Crippen LogP contribution in [0.3, 0.4) is 0 Å². The molecular formula is C14H18N2O5. The SMILES string of the molecule is COC1CCCN(c2cc(C(=O)O)cc([N+](=O)[O-])c2C)C1. The Morgan fingerprint density at radius 2 is 2.24 bits per heavy atom. The number of rotatable bonds is 4. The number of carboxylic acids is 1. The topological polar surface area (TPSA) is 92.9 Å². The second-order valence-electron chi connectivity index (χ2n) is 5.15. The molecule has 1 saturated heterocycles. The molecule has 0 bridgehead atoms. The predicted molar refractivity (Wildman–Crippen MR) is 77.0 cm³/mol. The molecule has 7 heteroatoms. The molecule has 0 saturated carbocycles.